The summed E-state index contributed by atoms with van der Waals surface area (Å²) in [5, 5.41) is 8.74. The zero-order valence-electron chi connectivity index (χ0n) is 5.39. The zero-order chi connectivity index (χ0) is 6.85. The number of nitrogens with zero attached hydrogens (tertiary/aromatic N) is 2. The van der Waals surface area contributed by atoms with E-state index in [0.717, 1.165) is 6.20 Å². The Hall–Kier alpha value is -0.940. The molecule has 0 aliphatic carbocycles. The van der Waals surface area contributed by atoms with E-state index < -0.39 is 0 Å². The normalized spacial score (nSPS) is 7.64. The Morgan fingerprint density at radius 3 is 2.18 bits per heavy atom. The Labute approximate surface area is 75.7 Å². The number of hydrogen-bond acceptors (Lipinski definition) is 5. The maximum absolute atomic E-state index is 8.74. The van der Waals surface area contributed by atoms with Gasteiger partial charge in [0.05, 0.1) is 6.20 Å². The lowest BCUT2D eigenvalue weighted by molar-refractivity contribution is 0.473. The first-order valence-corrected chi connectivity index (χ1v) is 2.27. The van der Waals surface area contributed by atoms with Crippen molar-refractivity contribution in [2.45, 2.75) is 0 Å². The highest BCUT2D eigenvalue weighted by atomic mass is 35.5. The fourth-order valence-corrected chi connectivity index (χ4v) is 0.403. The molecule has 0 radical (unpaired) electrons. The van der Waals surface area contributed by atoms with E-state index in [1.807, 2.05) is 0 Å². The molecule has 7 heteroatoms. The predicted octanol–water partition coefficient (Wildman–Crippen LogP) is 0.190. The summed E-state index contributed by atoms with van der Waals surface area (Å²) in [6, 6.07) is 0. The SMILES string of the molecule is Cl.Cl.Nc1ncc(O)c(N)n1. The minimum absolute atomic E-state index is 0. The van der Waals surface area contributed by atoms with Crippen LogP contribution in [0.3, 0.4) is 0 Å². The molecule has 0 amide bonds. The molecule has 64 valence electrons. The van der Waals surface area contributed by atoms with Crippen LogP contribution >= 0.6 is 24.8 Å². The van der Waals surface area contributed by atoms with Crippen LogP contribution in [0.15, 0.2) is 6.20 Å². The molecule has 0 saturated carbocycles. The van der Waals surface area contributed by atoms with E-state index in [1.54, 1.807) is 0 Å². The van der Waals surface area contributed by atoms with Crippen LogP contribution in [0, 0.1) is 0 Å². The highest BCUT2D eigenvalue weighted by molar-refractivity contribution is 5.85. The number of anilines is 2. The van der Waals surface area contributed by atoms with Gasteiger partial charge in [0.15, 0.2) is 11.6 Å². The lowest BCUT2D eigenvalue weighted by Gasteiger charge is -1.94. The van der Waals surface area contributed by atoms with Crippen LogP contribution in [0.25, 0.3) is 0 Å². The fraction of sp³-hybridized carbons (Fsp3) is 0. The van der Waals surface area contributed by atoms with E-state index in [2.05, 4.69) is 9.97 Å². The van der Waals surface area contributed by atoms with Crippen LogP contribution < -0.4 is 11.5 Å². The van der Waals surface area contributed by atoms with Gasteiger partial charge in [0.2, 0.25) is 5.95 Å². The summed E-state index contributed by atoms with van der Waals surface area (Å²) in [6.45, 7) is 0. The van der Waals surface area contributed by atoms with Crippen molar-refractivity contribution in [2.75, 3.05) is 11.5 Å². The molecule has 5 N–H and O–H groups in total. The maximum atomic E-state index is 8.74. The number of nitrogen functional groups attached to an aromatic ring is 2. The predicted molar refractivity (Wildman–Crippen MR) is 47.0 cm³/mol. The van der Waals surface area contributed by atoms with Crippen LogP contribution in [0.1, 0.15) is 0 Å². The molecular weight excluding hydrogens is 191 g/mol. The van der Waals surface area contributed by atoms with Gasteiger partial charge in [-0.05, 0) is 0 Å². The first-order valence-electron chi connectivity index (χ1n) is 2.27. The van der Waals surface area contributed by atoms with Crippen molar-refractivity contribution >= 4 is 36.6 Å². The fourth-order valence-electron chi connectivity index (χ4n) is 0.403. The monoisotopic (exact) mass is 198 g/mol. The van der Waals surface area contributed by atoms with Crippen molar-refractivity contribution in [2.24, 2.45) is 0 Å². The van der Waals surface area contributed by atoms with Gasteiger partial charge in [-0.25, -0.2) is 4.98 Å². The van der Waals surface area contributed by atoms with Crippen LogP contribution in [0.4, 0.5) is 11.8 Å². The third kappa shape index (κ3) is 3.10. The second-order valence-corrected chi connectivity index (χ2v) is 1.50. The van der Waals surface area contributed by atoms with Gasteiger partial charge in [0.1, 0.15) is 0 Å². The van der Waals surface area contributed by atoms with Gasteiger partial charge >= 0.3 is 0 Å². The Kier molecular flexibility index (Phi) is 5.56. The molecule has 0 atom stereocenters. The molecule has 11 heavy (non-hydrogen) atoms. The number of nitrogens with two attached hydrogens (primary N) is 2. The van der Waals surface area contributed by atoms with E-state index in [4.69, 9.17) is 16.6 Å². The molecule has 0 aliphatic rings. The topological polar surface area (TPSA) is 98.0 Å². The van der Waals surface area contributed by atoms with Crippen molar-refractivity contribution in [3.8, 4) is 5.75 Å². The molecule has 0 aromatic carbocycles. The lowest BCUT2D eigenvalue weighted by Crippen LogP contribution is -1.98. The summed E-state index contributed by atoms with van der Waals surface area (Å²) >= 11 is 0. The molecule has 0 unspecified atom stereocenters. The highest BCUT2D eigenvalue weighted by Crippen LogP contribution is 2.13. The molecule has 0 spiro atoms. The van der Waals surface area contributed by atoms with Crippen molar-refractivity contribution in [1.29, 1.82) is 0 Å². The molecule has 0 bridgehead atoms. The molecule has 5 nitrogen and oxygen atoms in total. The third-order valence-corrected chi connectivity index (χ3v) is 0.817. The van der Waals surface area contributed by atoms with Gasteiger partial charge < -0.3 is 16.6 Å². The molecule has 1 heterocycles. The molecular formula is C4H8Cl2N4O. The minimum Gasteiger partial charge on any atom is -0.503 e. The highest BCUT2D eigenvalue weighted by Gasteiger charge is 1.96. The van der Waals surface area contributed by atoms with Crippen molar-refractivity contribution < 1.29 is 5.11 Å². The molecule has 1 aromatic rings. The Balaban J connectivity index is 0. The van der Waals surface area contributed by atoms with Crippen molar-refractivity contribution in [3.05, 3.63) is 6.20 Å². The van der Waals surface area contributed by atoms with E-state index in [9.17, 15) is 0 Å². The minimum atomic E-state index is -0.149. The van der Waals surface area contributed by atoms with Crippen LogP contribution in [0.5, 0.6) is 5.75 Å². The van der Waals surface area contributed by atoms with E-state index in [1.165, 1.54) is 0 Å². The van der Waals surface area contributed by atoms with E-state index in [-0.39, 0.29) is 42.3 Å². The first-order chi connectivity index (χ1) is 4.20. The summed E-state index contributed by atoms with van der Waals surface area (Å²) in [4.78, 5) is 6.94. The quantitative estimate of drug-likeness (QED) is 0.553. The standard InChI is InChI=1S/C4H6N4O.2ClH/c5-3-2(9)1-7-4(6)8-3;;/h1,9H,(H4,5,6,7,8);2*1H. The largest absolute Gasteiger partial charge is 0.503 e. The zero-order valence-corrected chi connectivity index (χ0v) is 7.02. The van der Waals surface area contributed by atoms with Gasteiger partial charge in [-0.2, -0.15) is 4.98 Å². The van der Waals surface area contributed by atoms with Crippen molar-refractivity contribution in [3.63, 3.8) is 0 Å². The maximum Gasteiger partial charge on any atom is 0.222 e. The average molecular weight is 199 g/mol. The summed E-state index contributed by atoms with van der Waals surface area (Å²) in [7, 11) is 0. The number of aromatic hydroxyl groups is 1. The average Bonchev–Trinajstić information content (AvgIpc) is 1.80. The Morgan fingerprint density at radius 2 is 1.82 bits per heavy atom. The number of halogens is 2. The van der Waals surface area contributed by atoms with Gasteiger partial charge in [-0.15, -0.1) is 24.8 Å². The second kappa shape index (κ2) is 4.81. The van der Waals surface area contributed by atoms with Crippen LogP contribution in [-0.2, 0) is 0 Å². The van der Waals surface area contributed by atoms with Crippen molar-refractivity contribution in [1.82, 2.24) is 9.97 Å². The number of rotatable bonds is 0. The molecule has 0 fully saturated rings. The van der Waals surface area contributed by atoms with Crippen LogP contribution in [-0.4, -0.2) is 15.1 Å². The molecule has 0 aliphatic heterocycles. The smallest absolute Gasteiger partial charge is 0.222 e. The molecule has 1 aromatic heterocycles. The third-order valence-electron chi connectivity index (χ3n) is 0.817. The number of aromatic nitrogens is 2. The van der Waals surface area contributed by atoms with Gasteiger partial charge in [0, 0.05) is 0 Å². The van der Waals surface area contributed by atoms with Crippen LogP contribution in [0.2, 0.25) is 0 Å². The van der Waals surface area contributed by atoms with Gasteiger partial charge in [-0.3, -0.25) is 0 Å². The molecule has 1 rings (SSSR count). The Bertz CT molecular complexity index is 231. The van der Waals surface area contributed by atoms with E-state index in [0.29, 0.717) is 0 Å². The molecule has 0 saturated heterocycles. The van der Waals surface area contributed by atoms with E-state index >= 15 is 0 Å². The summed E-state index contributed by atoms with van der Waals surface area (Å²) < 4.78 is 0. The second-order valence-electron chi connectivity index (χ2n) is 1.50. The summed E-state index contributed by atoms with van der Waals surface area (Å²) in [5.41, 5.74) is 10.3. The summed E-state index contributed by atoms with van der Waals surface area (Å²) in [6.07, 6.45) is 1.15. The summed E-state index contributed by atoms with van der Waals surface area (Å²) in [5.74, 6) is -0.0861. The first kappa shape index (κ1) is 12.7. The van der Waals surface area contributed by atoms with Gasteiger partial charge in [-0.1, -0.05) is 0 Å². The van der Waals surface area contributed by atoms with Gasteiger partial charge in [0.25, 0.3) is 0 Å². The Morgan fingerprint density at radius 1 is 1.27 bits per heavy atom. The number of hydrogen-bond donors (Lipinski definition) is 3. The lowest BCUT2D eigenvalue weighted by atomic mass is 10.5.